The van der Waals surface area contributed by atoms with Crippen molar-refractivity contribution in [3.8, 4) is 11.5 Å². The molecule has 0 unspecified atom stereocenters. The Labute approximate surface area is 144 Å². The zero-order chi connectivity index (χ0) is 16.8. The first-order valence-electron chi connectivity index (χ1n) is 8.78. The van der Waals surface area contributed by atoms with Crippen molar-refractivity contribution in [2.45, 2.75) is 49.5 Å². The van der Waals surface area contributed by atoms with Crippen LogP contribution in [0.2, 0.25) is 0 Å². The highest BCUT2D eigenvalue weighted by molar-refractivity contribution is 7.89. The van der Waals surface area contributed by atoms with E-state index in [4.69, 9.17) is 9.47 Å². The fourth-order valence-electron chi connectivity index (χ4n) is 3.28. The van der Waals surface area contributed by atoms with E-state index in [2.05, 4.69) is 10.0 Å². The van der Waals surface area contributed by atoms with Crippen LogP contribution in [0.1, 0.15) is 38.5 Å². The van der Waals surface area contributed by atoms with E-state index in [1.807, 2.05) is 0 Å². The topological polar surface area (TPSA) is 76.7 Å². The minimum absolute atomic E-state index is 0.147. The van der Waals surface area contributed by atoms with E-state index in [0.717, 1.165) is 0 Å². The molecular weight excluding hydrogens is 328 g/mol. The SMILES string of the molecule is O=S(=O)(NCCNC1CCCCCC1)c1cccc2c1OCCO2. The number of nitrogens with one attached hydrogen (secondary N) is 2. The van der Waals surface area contributed by atoms with Gasteiger partial charge in [-0.2, -0.15) is 0 Å². The summed E-state index contributed by atoms with van der Waals surface area (Å²) >= 11 is 0. The summed E-state index contributed by atoms with van der Waals surface area (Å²) in [6.45, 7) is 1.80. The molecule has 0 bridgehead atoms. The molecule has 0 atom stereocenters. The van der Waals surface area contributed by atoms with Crippen molar-refractivity contribution in [1.82, 2.24) is 10.0 Å². The van der Waals surface area contributed by atoms with E-state index < -0.39 is 10.0 Å². The minimum Gasteiger partial charge on any atom is -0.486 e. The molecule has 0 amide bonds. The van der Waals surface area contributed by atoms with Gasteiger partial charge >= 0.3 is 0 Å². The van der Waals surface area contributed by atoms with Crippen LogP contribution in [0.4, 0.5) is 0 Å². The van der Waals surface area contributed by atoms with E-state index in [0.29, 0.717) is 43.8 Å². The normalized spacial score (nSPS) is 19.0. The second kappa shape index (κ2) is 8.18. The van der Waals surface area contributed by atoms with E-state index >= 15 is 0 Å². The largest absolute Gasteiger partial charge is 0.486 e. The maximum absolute atomic E-state index is 12.5. The summed E-state index contributed by atoms with van der Waals surface area (Å²) in [5.41, 5.74) is 0. The lowest BCUT2D eigenvalue weighted by Gasteiger charge is -2.21. The zero-order valence-corrected chi connectivity index (χ0v) is 14.7. The van der Waals surface area contributed by atoms with Crippen LogP contribution in [-0.2, 0) is 10.0 Å². The Bertz CT molecular complexity index is 640. The van der Waals surface area contributed by atoms with Crippen LogP contribution in [0.15, 0.2) is 23.1 Å². The van der Waals surface area contributed by atoms with Crippen molar-refractivity contribution < 1.29 is 17.9 Å². The molecule has 1 aliphatic carbocycles. The molecule has 7 heteroatoms. The van der Waals surface area contributed by atoms with E-state index in [1.54, 1.807) is 18.2 Å². The highest BCUT2D eigenvalue weighted by atomic mass is 32.2. The fourth-order valence-corrected chi connectivity index (χ4v) is 4.47. The van der Waals surface area contributed by atoms with Crippen molar-refractivity contribution in [2.75, 3.05) is 26.3 Å². The zero-order valence-electron chi connectivity index (χ0n) is 13.9. The highest BCUT2D eigenvalue weighted by Gasteiger charge is 2.24. The molecule has 0 spiro atoms. The quantitative estimate of drug-likeness (QED) is 0.604. The summed E-state index contributed by atoms with van der Waals surface area (Å²) in [7, 11) is -3.61. The molecule has 1 saturated carbocycles. The molecule has 1 aromatic carbocycles. The van der Waals surface area contributed by atoms with Crippen LogP contribution in [0.3, 0.4) is 0 Å². The molecule has 6 nitrogen and oxygen atoms in total. The summed E-state index contributed by atoms with van der Waals surface area (Å²) in [4.78, 5) is 0.147. The molecule has 1 fully saturated rings. The van der Waals surface area contributed by atoms with Gasteiger partial charge in [0, 0.05) is 19.1 Å². The third-order valence-corrected chi connectivity index (χ3v) is 6.01. The Morgan fingerprint density at radius 1 is 1.00 bits per heavy atom. The molecule has 134 valence electrons. The van der Waals surface area contributed by atoms with Gasteiger partial charge in [-0.15, -0.1) is 0 Å². The standard InChI is InChI=1S/C17H26N2O4S/c20-24(21,16-9-5-8-15-17(16)23-13-12-22-15)19-11-10-18-14-6-3-1-2-4-7-14/h5,8-9,14,18-19H,1-4,6-7,10-13H2. The summed E-state index contributed by atoms with van der Waals surface area (Å²) in [5, 5.41) is 3.47. The second-order valence-corrected chi connectivity index (χ2v) is 8.06. The number of para-hydroxylation sites is 1. The van der Waals surface area contributed by atoms with Crippen LogP contribution in [0, 0.1) is 0 Å². The molecule has 0 aromatic heterocycles. The highest BCUT2D eigenvalue weighted by Crippen LogP contribution is 2.36. The molecule has 2 N–H and O–H groups in total. The Morgan fingerprint density at radius 2 is 1.75 bits per heavy atom. The van der Waals surface area contributed by atoms with Crippen LogP contribution >= 0.6 is 0 Å². The third kappa shape index (κ3) is 4.40. The van der Waals surface area contributed by atoms with Gasteiger partial charge in [0.15, 0.2) is 11.5 Å². The van der Waals surface area contributed by atoms with Crippen molar-refractivity contribution in [3.63, 3.8) is 0 Å². The first-order valence-corrected chi connectivity index (χ1v) is 10.3. The van der Waals surface area contributed by atoms with Crippen molar-refractivity contribution >= 4 is 10.0 Å². The Morgan fingerprint density at radius 3 is 2.54 bits per heavy atom. The molecule has 1 aromatic rings. The second-order valence-electron chi connectivity index (χ2n) is 6.32. The van der Waals surface area contributed by atoms with Crippen molar-refractivity contribution in [3.05, 3.63) is 18.2 Å². The molecule has 2 aliphatic rings. The monoisotopic (exact) mass is 354 g/mol. The van der Waals surface area contributed by atoms with Crippen molar-refractivity contribution in [1.29, 1.82) is 0 Å². The van der Waals surface area contributed by atoms with E-state index in [9.17, 15) is 8.42 Å². The summed E-state index contributed by atoms with van der Waals surface area (Å²) in [5.74, 6) is 0.800. The van der Waals surface area contributed by atoms with Gasteiger partial charge in [-0.25, -0.2) is 13.1 Å². The minimum atomic E-state index is -3.61. The summed E-state index contributed by atoms with van der Waals surface area (Å²) < 4.78 is 38.7. The maximum Gasteiger partial charge on any atom is 0.244 e. The molecule has 0 radical (unpaired) electrons. The first-order chi connectivity index (χ1) is 11.7. The van der Waals surface area contributed by atoms with Crippen molar-refractivity contribution in [2.24, 2.45) is 0 Å². The number of fused-ring (bicyclic) bond motifs is 1. The molecule has 3 rings (SSSR count). The lowest BCUT2D eigenvalue weighted by molar-refractivity contribution is 0.167. The number of sulfonamides is 1. The van der Waals surface area contributed by atoms with Gasteiger partial charge in [-0.1, -0.05) is 31.7 Å². The number of hydrogen-bond donors (Lipinski definition) is 2. The fraction of sp³-hybridized carbons (Fsp3) is 0.647. The number of hydrogen-bond acceptors (Lipinski definition) is 5. The van der Waals surface area contributed by atoms with Gasteiger partial charge in [-0.3, -0.25) is 0 Å². The van der Waals surface area contributed by atoms with Gasteiger partial charge in [-0.05, 0) is 25.0 Å². The maximum atomic E-state index is 12.5. The van der Waals surface area contributed by atoms with Gasteiger partial charge in [0.05, 0.1) is 0 Å². The molecule has 1 aliphatic heterocycles. The first kappa shape index (κ1) is 17.5. The van der Waals surface area contributed by atoms with Crippen LogP contribution < -0.4 is 19.5 Å². The number of benzene rings is 1. The van der Waals surface area contributed by atoms with Gasteiger partial charge in [0.25, 0.3) is 0 Å². The molecule has 24 heavy (non-hydrogen) atoms. The Kier molecular flexibility index (Phi) is 5.97. The van der Waals surface area contributed by atoms with Gasteiger partial charge < -0.3 is 14.8 Å². The Hall–Kier alpha value is -1.31. The predicted molar refractivity (Wildman–Crippen MR) is 92.1 cm³/mol. The van der Waals surface area contributed by atoms with Crippen LogP contribution in [0.25, 0.3) is 0 Å². The van der Waals surface area contributed by atoms with Crippen LogP contribution in [-0.4, -0.2) is 40.8 Å². The lowest BCUT2D eigenvalue weighted by atomic mass is 10.1. The average Bonchev–Trinajstić information content (AvgIpc) is 2.87. The molecule has 1 heterocycles. The van der Waals surface area contributed by atoms with Gasteiger partial charge in [0.2, 0.25) is 10.0 Å². The summed E-state index contributed by atoms with van der Waals surface area (Å²) in [6, 6.07) is 5.46. The number of ether oxygens (including phenoxy) is 2. The van der Waals surface area contributed by atoms with Crippen LogP contribution in [0.5, 0.6) is 11.5 Å². The molecular formula is C17H26N2O4S. The summed E-state index contributed by atoms with van der Waals surface area (Å²) in [6.07, 6.45) is 7.51. The predicted octanol–water partition coefficient (Wildman–Crippen LogP) is 2.05. The lowest BCUT2D eigenvalue weighted by Crippen LogP contribution is -2.37. The third-order valence-electron chi connectivity index (χ3n) is 4.52. The van der Waals surface area contributed by atoms with E-state index in [-0.39, 0.29) is 4.90 Å². The smallest absolute Gasteiger partial charge is 0.244 e. The number of rotatable bonds is 6. The van der Waals surface area contributed by atoms with Gasteiger partial charge in [0.1, 0.15) is 18.1 Å². The Balaban J connectivity index is 1.54. The van der Waals surface area contributed by atoms with E-state index in [1.165, 1.54) is 38.5 Å². The molecule has 0 saturated heterocycles. The average molecular weight is 354 g/mol.